The van der Waals surface area contributed by atoms with E-state index < -0.39 is 0 Å². The normalized spacial score (nSPS) is 13.5. The van der Waals surface area contributed by atoms with Gasteiger partial charge in [0.2, 0.25) is 0 Å². The van der Waals surface area contributed by atoms with Crippen LogP contribution in [0.25, 0.3) is 0 Å². The van der Waals surface area contributed by atoms with Crippen LogP contribution in [0.4, 0.5) is 10.5 Å². The van der Waals surface area contributed by atoms with Gasteiger partial charge in [0, 0.05) is 17.8 Å². The van der Waals surface area contributed by atoms with Crippen LogP contribution in [-0.4, -0.2) is 12.1 Å². The Labute approximate surface area is 129 Å². The maximum absolute atomic E-state index is 11.9. The van der Waals surface area contributed by atoms with Gasteiger partial charge in [-0.3, -0.25) is 0 Å². The minimum absolute atomic E-state index is 0.00138. The van der Waals surface area contributed by atoms with Crippen molar-refractivity contribution < 1.29 is 4.79 Å². The number of nitrogens with one attached hydrogen (secondary N) is 2. The monoisotopic (exact) mass is 303 g/mol. The number of urea groups is 1. The highest BCUT2D eigenvalue weighted by Gasteiger charge is 2.08. The third-order valence-electron chi connectivity index (χ3n) is 3.19. The molecule has 2 unspecified atom stereocenters. The average molecular weight is 303 g/mol. The molecule has 0 saturated carbocycles. The van der Waals surface area contributed by atoms with Crippen LogP contribution in [0.5, 0.6) is 0 Å². The highest BCUT2D eigenvalue weighted by molar-refractivity contribution is 7.07. The molecule has 112 valence electrons. The van der Waals surface area contributed by atoms with Gasteiger partial charge in [0.05, 0.1) is 0 Å². The van der Waals surface area contributed by atoms with Crippen molar-refractivity contribution in [3.8, 4) is 0 Å². The molecule has 2 amide bonds. The summed E-state index contributed by atoms with van der Waals surface area (Å²) in [4.78, 5) is 11.9. The summed E-state index contributed by atoms with van der Waals surface area (Å²) in [5.74, 6) is 0. The van der Waals surface area contributed by atoms with Crippen LogP contribution >= 0.6 is 11.3 Å². The maximum Gasteiger partial charge on any atom is 0.319 e. The zero-order valence-corrected chi connectivity index (χ0v) is 13.1. The fourth-order valence-corrected chi connectivity index (χ4v) is 2.76. The van der Waals surface area contributed by atoms with Gasteiger partial charge in [-0.1, -0.05) is 12.1 Å². The maximum atomic E-state index is 11.9. The van der Waals surface area contributed by atoms with Crippen molar-refractivity contribution in [3.05, 3.63) is 52.2 Å². The van der Waals surface area contributed by atoms with E-state index in [0.29, 0.717) is 0 Å². The molecule has 0 radical (unpaired) electrons. The third kappa shape index (κ3) is 4.88. The lowest BCUT2D eigenvalue weighted by molar-refractivity contribution is 0.249. The first-order valence-electron chi connectivity index (χ1n) is 6.98. The minimum Gasteiger partial charge on any atom is -0.335 e. The molecule has 0 aliphatic heterocycles. The van der Waals surface area contributed by atoms with Gasteiger partial charge in [0.15, 0.2) is 0 Å². The van der Waals surface area contributed by atoms with Crippen LogP contribution < -0.4 is 16.4 Å². The first kappa shape index (κ1) is 15.5. The molecular weight excluding hydrogens is 282 g/mol. The van der Waals surface area contributed by atoms with Crippen molar-refractivity contribution in [1.29, 1.82) is 0 Å². The molecule has 0 saturated heterocycles. The van der Waals surface area contributed by atoms with Crippen LogP contribution in [0.3, 0.4) is 0 Å². The molecule has 0 aliphatic carbocycles. The first-order chi connectivity index (χ1) is 10.0. The highest BCUT2D eigenvalue weighted by Crippen LogP contribution is 2.14. The van der Waals surface area contributed by atoms with Crippen molar-refractivity contribution in [3.63, 3.8) is 0 Å². The SMILES string of the molecule is CC(Cc1ccsc1)NC(=O)Nc1ccc(C(C)N)cc1. The number of amides is 2. The summed E-state index contributed by atoms with van der Waals surface area (Å²) in [6.45, 7) is 3.93. The standard InChI is InChI=1S/C16H21N3OS/c1-11(9-13-7-8-21-10-13)18-16(20)19-15-5-3-14(4-6-15)12(2)17/h3-8,10-12H,9,17H2,1-2H3,(H2,18,19,20). The van der Waals surface area contributed by atoms with Gasteiger partial charge in [-0.15, -0.1) is 0 Å². The fraction of sp³-hybridized carbons (Fsp3) is 0.312. The van der Waals surface area contributed by atoms with Crippen LogP contribution in [-0.2, 0) is 6.42 Å². The number of rotatable bonds is 5. The van der Waals surface area contributed by atoms with Crippen LogP contribution in [0.2, 0.25) is 0 Å². The van der Waals surface area contributed by atoms with Gasteiger partial charge in [-0.25, -0.2) is 4.79 Å². The van der Waals surface area contributed by atoms with E-state index in [0.717, 1.165) is 17.7 Å². The molecule has 2 aromatic rings. The molecular formula is C16H21N3OS. The number of thiophene rings is 1. The largest absolute Gasteiger partial charge is 0.335 e. The second-order valence-corrected chi connectivity index (χ2v) is 6.03. The van der Waals surface area contributed by atoms with Gasteiger partial charge < -0.3 is 16.4 Å². The van der Waals surface area contributed by atoms with Crippen molar-refractivity contribution in [2.45, 2.75) is 32.4 Å². The van der Waals surface area contributed by atoms with Gasteiger partial charge in [-0.2, -0.15) is 11.3 Å². The summed E-state index contributed by atoms with van der Waals surface area (Å²) in [7, 11) is 0. The Balaban J connectivity index is 1.83. The molecule has 5 heteroatoms. The topological polar surface area (TPSA) is 67.2 Å². The second kappa shape index (κ2) is 7.24. The Kier molecular flexibility index (Phi) is 5.36. The smallest absolute Gasteiger partial charge is 0.319 e. The van der Waals surface area contributed by atoms with Crippen LogP contribution in [0.15, 0.2) is 41.1 Å². The third-order valence-corrected chi connectivity index (χ3v) is 3.93. The lowest BCUT2D eigenvalue weighted by Gasteiger charge is -2.14. The minimum atomic E-state index is -0.189. The molecule has 1 aromatic heterocycles. The summed E-state index contributed by atoms with van der Waals surface area (Å²) in [6, 6.07) is 9.55. The number of hydrogen-bond acceptors (Lipinski definition) is 3. The van der Waals surface area contributed by atoms with Crippen molar-refractivity contribution in [1.82, 2.24) is 5.32 Å². The molecule has 1 heterocycles. The number of benzene rings is 1. The number of nitrogens with two attached hydrogens (primary N) is 1. The Morgan fingerprint density at radius 1 is 1.24 bits per heavy atom. The van der Waals surface area contributed by atoms with Gasteiger partial charge in [0.25, 0.3) is 0 Å². The van der Waals surface area contributed by atoms with Crippen LogP contribution in [0, 0.1) is 0 Å². The lowest BCUT2D eigenvalue weighted by atomic mass is 10.1. The molecule has 2 atom stereocenters. The first-order valence-corrected chi connectivity index (χ1v) is 7.93. The Bertz CT molecular complexity index is 564. The van der Waals surface area contributed by atoms with Gasteiger partial charge in [-0.05, 0) is 60.4 Å². The van der Waals surface area contributed by atoms with Crippen molar-refractivity contribution in [2.24, 2.45) is 5.73 Å². The highest BCUT2D eigenvalue weighted by atomic mass is 32.1. The summed E-state index contributed by atoms with van der Waals surface area (Å²) < 4.78 is 0. The van der Waals surface area contributed by atoms with E-state index >= 15 is 0 Å². The zero-order valence-electron chi connectivity index (χ0n) is 12.3. The van der Waals surface area contributed by atoms with Crippen LogP contribution in [0.1, 0.15) is 31.0 Å². The fourth-order valence-electron chi connectivity index (χ4n) is 2.07. The molecule has 0 spiro atoms. The summed E-state index contributed by atoms with van der Waals surface area (Å²) in [5, 5.41) is 9.91. The average Bonchev–Trinajstić information content (AvgIpc) is 2.91. The predicted molar refractivity (Wildman–Crippen MR) is 88.7 cm³/mol. The Morgan fingerprint density at radius 3 is 2.52 bits per heavy atom. The van der Waals surface area contributed by atoms with Gasteiger partial charge in [0.1, 0.15) is 0 Å². The van der Waals surface area contributed by atoms with Gasteiger partial charge >= 0.3 is 6.03 Å². The van der Waals surface area contributed by atoms with E-state index in [1.165, 1.54) is 5.56 Å². The molecule has 1 aromatic carbocycles. The molecule has 0 bridgehead atoms. The lowest BCUT2D eigenvalue weighted by Crippen LogP contribution is -2.37. The number of hydrogen-bond donors (Lipinski definition) is 3. The number of carbonyl (C=O) groups excluding carboxylic acids is 1. The summed E-state index contributed by atoms with van der Waals surface area (Å²) in [6.07, 6.45) is 0.834. The second-order valence-electron chi connectivity index (χ2n) is 5.25. The molecule has 4 nitrogen and oxygen atoms in total. The number of anilines is 1. The molecule has 21 heavy (non-hydrogen) atoms. The molecule has 0 aliphatic rings. The van der Waals surface area contributed by atoms with Crippen molar-refractivity contribution >= 4 is 23.1 Å². The van der Waals surface area contributed by atoms with Crippen molar-refractivity contribution in [2.75, 3.05) is 5.32 Å². The summed E-state index contributed by atoms with van der Waals surface area (Å²) >= 11 is 1.67. The zero-order chi connectivity index (χ0) is 15.2. The molecule has 0 fully saturated rings. The van der Waals surface area contributed by atoms with E-state index in [2.05, 4.69) is 22.1 Å². The molecule has 4 N–H and O–H groups in total. The van der Waals surface area contributed by atoms with E-state index in [4.69, 9.17) is 5.73 Å². The molecule has 2 rings (SSSR count). The number of carbonyl (C=O) groups is 1. The van der Waals surface area contributed by atoms with E-state index in [9.17, 15) is 4.79 Å². The Hall–Kier alpha value is -1.85. The van der Waals surface area contributed by atoms with E-state index in [1.54, 1.807) is 11.3 Å². The van der Waals surface area contributed by atoms with E-state index in [1.807, 2.05) is 43.5 Å². The Morgan fingerprint density at radius 2 is 1.95 bits per heavy atom. The quantitative estimate of drug-likeness (QED) is 0.791. The van der Waals surface area contributed by atoms with E-state index in [-0.39, 0.29) is 18.1 Å². The summed E-state index contributed by atoms with van der Waals surface area (Å²) in [5.41, 5.74) is 8.85. The predicted octanol–water partition coefficient (Wildman–Crippen LogP) is 3.52.